The van der Waals surface area contributed by atoms with E-state index in [1.165, 1.54) is 17.0 Å². The minimum atomic E-state index is -3.97. The van der Waals surface area contributed by atoms with E-state index in [4.69, 9.17) is 27.9 Å². The van der Waals surface area contributed by atoms with Gasteiger partial charge in [-0.1, -0.05) is 84.6 Å². The number of anilines is 1. The lowest BCUT2D eigenvalue weighted by molar-refractivity contribution is -0.140. The van der Waals surface area contributed by atoms with E-state index >= 15 is 0 Å². The average Bonchev–Trinajstić information content (AvgIpc) is 3.48. The smallest absolute Gasteiger partial charge is 0.244 e. The van der Waals surface area contributed by atoms with E-state index in [0.29, 0.717) is 5.75 Å². The summed E-state index contributed by atoms with van der Waals surface area (Å²) in [4.78, 5) is 29.6. The first-order valence-corrected chi connectivity index (χ1v) is 16.4. The highest BCUT2D eigenvalue weighted by atomic mass is 35.5. The third-order valence-corrected chi connectivity index (χ3v) is 9.27. The highest BCUT2D eigenvalue weighted by molar-refractivity contribution is 7.92. The van der Waals surface area contributed by atoms with Gasteiger partial charge in [0.15, 0.2) is 0 Å². The van der Waals surface area contributed by atoms with Crippen LogP contribution in [0.25, 0.3) is 0 Å². The molecule has 3 aromatic carbocycles. The van der Waals surface area contributed by atoms with Crippen LogP contribution in [-0.4, -0.2) is 57.1 Å². The van der Waals surface area contributed by atoms with E-state index in [-0.39, 0.29) is 40.6 Å². The van der Waals surface area contributed by atoms with Crippen LogP contribution in [0.2, 0.25) is 10.0 Å². The van der Waals surface area contributed by atoms with Crippen molar-refractivity contribution in [3.05, 3.63) is 94.0 Å². The predicted octanol–water partition coefficient (Wildman–Crippen LogP) is 5.47. The molecule has 1 aliphatic carbocycles. The van der Waals surface area contributed by atoms with Crippen LogP contribution in [0.15, 0.2) is 72.8 Å². The summed E-state index contributed by atoms with van der Waals surface area (Å²) in [6.45, 7) is -0.530. The first kappa shape index (κ1) is 31.7. The number of halogens is 2. The number of nitrogens with zero attached hydrogens (tertiary/aromatic N) is 2. The molecule has 1 N–H and O–H groups in total. The summed E-state index contributed by atoms with van der Waals surface area (Å²) in [7, 11) is -2.42. The molecule has 0 aliphatic heterocycles. The Hall–Kier alpha value is -3.27. The largest absolute Gasteiger partial charge is 0.497 e. The van der Waals surface area contributed by atoms with Crippen molar-refractivity contribution < 1.29 is 22.7 Å². The van der Waals surface area contributed by atoms with E-state index in [1.807, 2.05) is 36.4 Å². The fraction of sp³-hybridized carbons (Fsp3) is 0.355. The predicted molar refractivity (Wildman–Crippen MR) is 167 cm³/mol. The molecule has 0 aromatic heterocycles. The minimum Gasteiger partial charge on any atom is -0.497 e. The molecule has 4 rings (SSSR count). The molecule has 0 radical (unpaired) electrons. The van der Waals surface area contributed by atoms with Crippen molar-refractivity contribution >= 4 is 50.7 Å². The Balaban J connectivity index is 1.75. The molecule has 1 saturated carbocycles. The first-order chi connectivity index (χ1) is 20.1. The second-order valence-corrected chi connectivity index (χ2v) is 13.1. The van der Waals surface area contributed by atoms with Crippen LogP contribution in [0, 0.1) is 0 Å². The second kappa shape index (κ2) is 14.3. The Morgan fingerprint density at radius 2 is 1.64 bits per heavy atom. The molecule has 0 spiro atoms. The highest BCUT2D eigenvalue weighted by Crippen LogP contribution is 2.34. The summed E-state index contributed by atoms with van der Waals surface area (Å²) >= 11 is 12.6. The number of rotatable bonds is 12. The summed E-state index contributed by atoms with van der Waals surface area (Å²) in [5, 5.41) is 3.31. The summed E-state index contributed by atoms with van der Waals surface area (Å²) in [6, 6.07) is 20.4. The van der Waals surface area contributed by atoms with Gasteiger partial charge in [0.25, 0.3) is 0 Å². The molecule has 0 bridgehead atoms. The monoisotopic (exact) mass is 631 g/mol. The minimum absolute atomic E-state index is 0.0107. The van der Waals surface area contributed by atoms with Gasteiger partial charge in [-0.05, 0) is 48.2 Å². The maximum Gasteiger partial charge on any atom is 0.244 e. The molecule has 0 saturated heterocycles. The highest BCUT2D eigenvalue weighted by Gasteiger charge is 2.34. The van der Waals surface area contributed by atoms with Gasteiger partial charge in [-0.15, -0.1) is 0 Å². The fourth-order valence-corrected chi connectivity index (χ4v) is 6.47. The van der Waals surface area contributed by atoms with Crippen LogP contribution in [0.3, 0.4) is 0 Å². The molecule has 1 atom stereocenters. The molecule has 1 aliphatic rings. The van der Waals surface area contributed by atoms with Gasteiger partial charge >= 0.3 is 0 Å². The molecule has 3 aromatic rings. The van der Waals surface area contributed by atoms with Crippen molar-refractivity contribution in [2.45, 2.75) is 50.7 Å². The number of amides is 2. The Labute approximate surface area is 257 Å². The standard InChI is InChI=1S/C31H35Cl2N3O5S/c1-41-25-15-8-12-23(18-25)20-35(29(37)21-36(42(2,39)40)27-17-9-16-26(32)30(27)33)28(19-22-10-4-3-5-11-22)31(38)34-24-13-6-7-14-24/h3-5,8-12,15-18,24,28H,6-7,13-14,19-21H2,1-2H3,(H,34,38)/t28-/m1/s1. The number of methoxy groups -OCH3 is 1. The van der Waals surface area contributed by atoms with Gasteiger partial charge in [0.05, 0.1) is 29.1 Å². The molecule has 1 fully saturated rings. The van der Waals surface area contributed by atoms with Crippen LogP contribution >= 0.6 is 23.2 Å². The van der Waals surface area contributed by atoms with Crippen molar-refractivity contribution in [1.82, 2.24) is 10.2 Å². The summed E-state index contributed by atoms with van der Waals surface area (Å²) < 4.78 is 32.3. The summed E-state index contributed by atoms with van der Waals surface area (Å²) in [5.74, 6) is -0.256. The third-order valence-electron chi connectivity index (χ3n) is 7.34. The zero-order chi connectivity index (χ0) is 30.3. The van der Waals surface area contributed by atoms with Crippen molar-refractivity contribution in [1.29, 1.82) is 0 Å². The molecule has 224 valence electrons. The van der Waals surface area contributed by atoms with Crippen molar-refractivity contribution in [2.75, 3.05) is 24.2 Å². The maximum atomic E-state index is 14.2. The van der Waals surface area contributed by atoms with Gasteiger partial charge in [-0.2, -0.15) is 0 Å². The number of nitrogens with one attached hydrogen (secondary N) is 1. The van der Waals surface area contributed by atoms with Crippen LogP contribution in [0.5, 0.6) is 5.75 Å². The lowest BCUT2D eigenvalue weighted by Gasteiger charge is -2.34. The summed E-state index contributed by atoms with van der Waals surface area (Å²) in [6.07, 6.45) is 5.06. The number of sulfonamides is 1. The molecular weight excluding hydrogens is 597 g/mol. The van der Waals surface area contributed by atoms with Gasteiger partial charge in [0.1, 0.15) is 18.3 Å². The van der Waals surface area contributed by atoms with Crippen LogP contribution in [0.1, 0.15) is 36.8 Å². The van der Waals surface area contributed by atoms with Crippen LogP contribution in [0.4, 0.5) is 5.69 Å². The number of carbonyl (C=O) groups excluding carboxylic acids is 2. The molecular formula is C31H35Cl2N3O5S. The van der Waals surface area contributed by atoms with Crippen molar-refractivity contribution in [2.24, 2.45) is 0 Å². The molecule has 11 heteroatoms. The Morgan fingerprint density at radius 3 is 2.31 bits per heavy atom. The normalized spacial score (nSPS) is 14.3. The quantitative estimate of drug-likeness (QED) is 0.286. The Bertz CT molecular complexity index is 1500. The van der Waals surface area contributed by atoms with E-state index in [0.717, 1.165) is 47.4 Å². The van der Waals surface area contributed by atoms with E-state index in [2.05, 4.69) is 5.32 Å². The zero-order valence-corrected chi connectivity index (χ0v) is 26.0. The Kier molecular flexibility index (Phi) is 10.8. The van der Waals surface area contributed by atoms with Crippen molar-refractivity contribution in [3.63, 3.8) is 0 Å². The zero-order valence-electron chi connectivity index (χ0n) is 23.6. The van der Waals surface area contributed by atoms with Crippen molar-refractivity contribution in [3.8, 4) is 5.75 Å². The molecule has 0 unspecified atom stereocenters. The van der Waals surface area contributed by atoms with Gasteiger partial charge in [0.2, 0.25) is 21.8 Å². The first-order valence-electron chi connectivity index (χ1n) is 13.7. The van der Waals surface area contributed by atoms with Gasteiger partial charge in [0, 0.05) is 19.0 Å². The van der Waals surface area contributed by atoms with Crippen LogP contribution in [-0.2, 0) is 32.6 Å². The second-order valence-electron chi connectivity index (χ2n) is 10.4. The van der Waals surface area contributed by atoms with E-state index in [9.17, 15) is 18.0 Å². The number of hydrogen-bond acceptors (Lipinski definition) is 5. The molecule has 0 heterocycles. The molecule has 8 nitrogen and oxygen atoms in total. The number of benzene rings is 3. The maximum absolute atomic E-state index is 14.2. The van der Waals surface area contributed by atoms with E-state index < -0.39 is 28.5 Å². The van der Waals surface area contributed by atoms with Gasteiger partial charge < -0.3 is 15.0 Å². The molecule has 2 amide bonds. The fourth-order valence-electron chi connectivity index (χ4n) is 5.17. The lowest BCUT2D eigenvalue weighted by atomic mass is 10.0. The number of ether oxygens (including phenoxy) is 1. The van der Waals surface area contributed by atoms with E-state index in [1.54, 1.807) is 31.4 Å². The summed E-state index contributed by atoms with van der Waals surface area (Å²) in [5.41, 5.74) is 1.67. The number of carbonyl (C=O) groups is 2. The topological polar surface area (TPSA) is 96.0 Å². The number of hydrogen-bond donors (Lipinski definition) is 1. The van der Waals surface area contributed by atoms with Crippen LogP contribution < -0.4 is 14.4 Å². The Morgan fingerprint density at radius 1 is 0.976 bits per heavy atom. The third kappa shape index (κ3) is 8.18. The van der Waals surface area contributed by atoms with Gasteiger partial charge in [-0.25, -0.2) is 8.42 Å². The lowest BCUT2D eigenvalue weighted by Crippen LogP contribution is -2.54. The average molecular weight is 633 g/mol. The SMILES string of the molecule is COc1cccc(CN(C(=O)CN(c2cccc(Cl)c2Cl)S(C)(=O)=O)[C@H](Cc2ccccc2)C(=O)NC2CCCC2)c1. The molecule has 42 heavy (non-hydrogen) atoms. The van der Waals surface area contributed by atoms with Gasteiger partial charge in [-0.3, -0.25) is 13.9 Å².